The van der Waals surface area contributed by atoms with E-state index in [2.05, 4.69) is 34.3 Å². The highest BCUT2D eigenvalue weighted by Gasteiger charge is 2.33. The molecule has 2 atom stereocenters. The highest BCUT2D eigenvalue weighted by molar-refractivity contribution is 5.35. The van der Waals surface area contributed by atoms with Gasteiger partial charge in [0.1, 0.15) is 5.82 Å². The summed E-state index contributed by atoms with van der Waals surface area (Å²) in [5.41, 5.74) is 1.31. The van der Waals surface area contributed by atoms with E-state index in [9.17, 15) is 0 Å². The largest absolute Gasteiger partial charge is 0.375 e. The normalized spacial score (nSPS) is 26.3. The second-order valence-corrected chi connectivity index (χ2v) is 6.21. The predicted octanol–water partition coefficient (Wildman–Crippen LogP) is 3.05. The number of aromatic nitrogens is 1. The third-order valence-electron chi connectivity index (χ3n) is 4.61. The van der Waals surface area contributed by atoms with Gasteiger partial charge >= 0.3 is 0 Å². The van der Waals surface area contributed by atoms with Crippen molar-refractivity contribution in [2.24, 2.45) is 0 Å². The lowest BCUT2D eigenvalue weighted by Crippen LogP contribution is -2.52. The van der Waals surface area contributed by atoms with Crippen LogP contribution in [0.15, 0.2) is 18.3 Å². The van der Waals surface area contributed by atoms with Gasteiger partial charge in [-0.15, -0.1) is 0 Å². The van der Waals surface area contributed by atoms with Crippen LogP contribution in [0, 0.1) is 0 Å². The van der Waals surface area contributed by atoms with Crippen molar-refractivity contribution >= 4 is 5.82 Å². The zero-order valence-corrected chi connectivity index (χ0v) is 13.1. The average molecular weight is 289 g/mol. The van der Waals surface area contributed by atoms with E-state index in [0.717, 1.165) is 38.5 Å². The monoisotopic (exact) mass is 289 g/mol. The zero-order chi connectivity index (χ0) is 14.5. The second kappa shape index (κ2) is 7.23. The molecule has 1 saturated heterocycles. The summed E-state index contributed by atoms with van der Waals surface area (Å²) < 4.78 is 5.95. The predicted molar refractivity (Wildman–Crippen MR) is 85.4 cm³/mol. The van der Waals surface area contributed by atoms with E-state index in [1.54, 1.807) is 0 Å². The number of ether oxygens (including phenoxy) is 1. The minimum Gasteiger partial charge on any atom is -0.375 e. The molecule has 4 heteroatoms. The van der Waals surface area contributed by atoms with Crippen LogP contribution in [0.2, 0.25) is 0 Å². The van der Waals surface area contributed by atoms with Crippen molar-refractivity contribution in [3.05, 3.63) is 23.9 Å². The van der Waals surface area contributed by atoms with Crippen molar-refractivity contribution in [2.75, 3.05) is 25.0 Å². The molecule has 0 bridgehead atoms. The second-order valence-electron chi connectivity index (χ2n) is 6.21. The molecule has 2 fully saturated rings. The Morgan fingerprint density at radius 2 is 2.24 bits per heavy atom. The van der Waals surface area contributed by atoms with Gasteiger partial charge in [0, 0.05) is 31.9 Å². The first-order valence-corrected chi connectivity index (χ1v) is 8.41. The van der Waals surface area contributed by atoms with Gasteiger partial charge in [-0.3, -0.25) is 4.90 Å². The summed E-state index contributed by atoms with van der Waals surface area (Å²) in [4.78, 5) is 7.12. The van der Waals surface area contributed by atoms with Crippen molar-refractivity contribution in [1.82, 2.24) is 9.88 Å². The molecule has 0 spiro atoms. The average Bonchev–Trinajstić information content (AvgIpc) is 2.55. The number of hydrogen-bond acceptors (Lipinski definition) is 4. The first kappa shape index (κ1) is 14.8. The van der Waals surface area contributed by atoms with E-state index in [4.69, 9.17) is 4.74 Å². The number of fused-ring (bicyclic) bond motifs is 1. The highest BCUT2D eigenvalue weighted by atomic mass is 16.5. The van der Waals surface area contributed by atoms with Crippen LogP contribution in [-0.4, -0.2) is 41.7 Å². The quantitative estimate of drug-likeness (QED) is 0.904. The lowest BCUT2D eigenvalue weighted by Gasteiger charge is -2.43. The molecule has 21 heavy (non-hydrogen) atoms. The van der Waals surface area contributed by atoms with Gasteiger partial charge in [0.05, 0.1) is 12.7 Å². The van der Waals surface area contributed by atoms with Crippen molar-refractivity contribution < 1.29 is 4.74 Å². The molecule has 1 aromatic heterocycles. The first-order valence-electron chi connectivity index (χ1n) is 8.41. The van der Waals surface area contributed by atoms with Crippen molar-refractivity contribution in [3.8, 4) is 0 Å². The molecule has 0 aromatic carbocycles. The fourth-order valence-electron chi connectivity index (χ4n) is 3.48. The van der Waals surface area contributed by atoms with Gasteiger partial charge in [0.25, 0.3) is 0 Å². The van der Waals surface area contributed by atoms with Crippen molar-refractivity contribution in [1.29, 1.82) is 0 Å². The number of nitrogens with one attached hydrogen (secondary N) is 1. The summed E-state index contributed by atoms with van der Waals surface area (Å²) in [6, 6.07) is 4.92. The molecule has 1 saturated carbocycles. The molecule has 2 heterocycles. The Balaban J connectivity index is 1.59. The molecule has 3 rings (SSSR count). The van der Waals surface area contributed by atoms with E-state index in [1.807, 2.05) is 6.20 Å². The fraction of sp³-hybridized carbons (Fsp3) is 0.706. The Labute approximate surface area is 127 Å². The molecular weight excluding hydrogens is 262 g/mol. The summed E-state index contributed by atoms with van der Waals surface area (Å²) in [5.74, 6) is 0.984. The minimum atomic E-state index is 0.464. The number of rotatable bonds is 5. The molecule has 1 aliphatic carbocycles. The third-order valence-corrected chi connectivity index (χ3v) is 4.61. The Morgan fingerprint density at radius 1 is 1.33 bits per heavy atom. The Kier molecular flexibility index (Phi) is 5.09. The number of pyridine rings is 1. The SMILES string of the molecule is CCCNc1ccc(CN2CCOC3CCCCC32)cn1. The lowest BCUT2D eigenvalue weighted by molar-refractivity contribution is -0.0911. The van der Waals surface area contributed by atoms with Gasteiger partial charge in [-0.1, -0.05) is 25.8 Å². The van der Waals surface area contributed by atoms with Gasteiger partial charge in [-0.25, -0.2) is 4.98 Å². The van der Waals surface area contributed by atoms with Crippen LogP contribution >= 0.6 is 0 Å². The molecule has 2 aliphatic rings. The molecule has 1 aliphatic heterocycles. The summed E-state index contributed by atoms with van der Waals surface area (Å²) in [6.07, 6.45) is 8.80. The maximum atomic E-state index is 5.95. The maximum absolute atomic E-state index is 5.95. The lowest BCUT2D eigenvalue weighted by atomic mass is 9.90. The first-order chi connectivity index (χ1) is 10.4. The zero-order valence-electron chi connectivity index (χ0n) is 13.1. The molecule has 0 radical (unpaired) electrons. The standard InChI is InChI=1S/C17H27N3O/c1-2-9-18-17-8-7-14(12-19-17)13-20-10-11-21-16-6-4-3-5-15(16)20/h7-8,12,15-16H,2-6,9-11,13H2,1H3,(H,18,19). The molecular formula is C17H27N3O. The van der Waals surface area contributed by atoms with E-state index < -0.39 is 0 Å². The third kappa shape index (κ3) is 3.74. The van der Waals surface area contributed by atoms with Gasteiger partial charge in [-0.05, 0) is 30.9 Å². The van der Waals surface area contributed by atoms with Gasteiger partial charge in [-0.2, -0.15) is 0 Å². The summed E-state index contributed by atoms with van der Waals surface area (Å²) in [7, 11) is 0. The van der Waals surface area contributed by atoms with Crippen molar-refractivity contribution in [2.45, 2.75) is 57.7 Å². The van der Waals surface area contributed by atoms with E-state index >= 15 is 0 Å². The Hall–Kier alpha value is -1.13. The molecule has 1 N–H and O–H groups in total. The topological polar surface area (TPSA) is 37.4 Å². The number of hydrogen-bond donors (Lipinski definition) is 1. The number of nitrogens with zero attached hydrogens (tertiary/aromatic N) is 2. The van der Waals surface area contributed by atoms with Crippen LogP contribution in [0.3, 0.4) is 0 Å². The number of anilines is 1. The van der Waals surface area contributed by atoms with Crippen LogP contribution in [0.5, 0.6) is 0 Å². The van der Waals surface area contributed by atoms with Crippen molar-refractivity contribution in [3.63, 3.8) is 0 Å². The van der Waals surface area contributed by atoms with E-state index in [1.165, 1.54) is 31.2 Å². The summed E-state index contributed by atoms with van der Waals surface area (Å²) in [6.45, 7) is 6.09. The van der Waals surface area contributed by atoms with E-state index in [-0.39, 0.29) is 0 Å². The number of morpholine rings is 1. The highest BCUT2D eigenvalue weighted by Crippen LogP contribution is 2.29. The summed E-state index contributed by atoms with van der Waals surface area (Å²) in [5, 5.41) is 3.33. The van der Waals surface area contributed by atoms with Crippen LogP contribution in [0.1, 0.15) is 44.6 Å². The minimum absolute atomic E-state index is 0.464. The maximum Gasteiger partial charge on any atom is 0.125 e. The van der Waals surface area contributed by atoms with Crippen LogP contribution < -0.4 is 5.32 Å². The molecule has 2 unspecified atom stereocenters. The molecule has 1 aromatic rings. The fourth-order valence-corrected chi connectivity index (χ4v) is 3.48. The Bertz CT molecular complexity index is 432. The molecule has 4 nitrogen and oxygen atoms in total. The van der Waals surface area contributed by atoms with Crippen LogP contribution in [0.4, 0.5) is 5.82 Å². The van der Waals surface area contributed by atoms with Crippen LogP contribution in [-0.2, 0) is 11.3 Å². The smallest absolute Gasteiger partial charge is 0.125 e. The van der Waals surface area contributed by atoms with Crippen LogP contribution in [0.25, 0.3) is 0 Å². The van der Waals surface area contributed by atoms with E-state index in [0.29, 0.717) is 12.1 Å². The molecule has 0 amide bonds. The Morgan fingerprint density at radius 3 is 3.05 bits per heavy atom. The van der Waals surface area contributed by atoms with Gasteiger partial charge in [0.2, 0.25) is 0 Å². The van der Waals surface area contributed by atoms with Gasteiger partial charge in [0.15, 0.2) is 0 Å². The summed E-state index contributed by atoms with van der Waals surface area (Å²) >= 11 is 0. The molecule has 116 valence electrons. The van der Waals surface area contributed by atoms with Gasteiger partial charge < -0.3 is 10.1 Å².